The third kappa shape index (κ3) is 3.20. The highest BCUT2D eigenvalue weighted by Gasteiger charge is 2.16. The van der Waals surface area contributed by atoms with Crippen molar-refractivity contribution < 1.29 is 0 Å². The van der Waals surface area contributed by atoms with E-state index >= 15 is 0 Å². The van der Waals surface area contributed by atoms with Crippen molar-refractivity contribution >= 4 is 5.82 Å². The predicted octanol–water partition coefficient (Wildman–Crippen LogP) is 2.14. The predicted molar refractivity (Wildman–Crippen MR) is 67.7 cm³/mol. The SMILES string of the molecule is Cc1ccnc(NCC2CCN(C)CC2)c1. The minimum absolute atomic E-state index is 0.804. The molecule has 2 heterocycles. The van der Waals surface area contributed by atoms with E-state index in [1.807, 2.05) is 12.3 Å². The lowest BCUT2D eigenvalue weighted by Gasteiger charge is -2.29. The highest BCUT2D eigenvalue weighted by atomic mass is 15.1. The number of rotatable bonds is 3. The Bertz CT molecular complexity index is 330. The Balaban J connectivity index is 1.79. The smallest absolute Gasteiger partial charge is 0.126 e. The second kappa shape index (κ2) is 5.30. The zero-order valence-corrected chi connectivity index (χ0v) is 10.2. The van der Waals surface area contributed by atoms with Gasteiger partial charge in [0, 0.05) is 12.7 Å². The van der Waals surface area contributed by atoms with Gasteiger partial charge in [0.15, 0.2) is 0 Å². The molecular formula is C13H21N3. The third-order valence-corrected chi connectivity index (χ3v) is 3.33. The zero-order valence-electron chi connectivity index (χ0n) is 10.2. The molecular weight excluding hydrogens is 198 g/mol. The summed E-state index contributed by atoms with van der Waals surface area (Å²) in [6.45, 7) is 5.62. The lowest BCUT2D eigenvalue weighted by Crippen LogP contribution is -2.33. The summed E-state index contributed by atoms with van der Waals surface area (Å²) in [5.74, 6) is 1.82. The average Bonchev–Trinajstić information content (AvgIpc) is 2.28. The molecule has 1 N–H and O–H groups in total. The van der Waals surface area contributed by atoms with Crippen molar-refractivity contribution in [1.82, 2.24) is 9.88 Å². The first-order valence-corrected chi connectivity index (χ1v) is 6.09. The molecule has 0 aromatic carbocycles. The van der Waals surface area contributed by atoms with Crippen molar-refractivity contribution in [2.75, 3.05) is 32.0 Å². The topological polar surface area (TPSA) is 28.2 Å². The van der Waals surface area contributed by atoms with Gasteiger partial charge in [-0.2, -0.15) is 0 Å². The maximum atomic E-state index is 4.32. The fourth-order valence-corrected chi connectivity index (χ4v) is 2.15. The van der Waals surface area contributed by atoms with E-state index in [-0.39, 0.29) is 0 Å². The summed E-state index contributed by atoms with van der Waals surface area (Å²) in [5, 5.41) is 3.44. The lowest BCUT2D eigenvalue weighted by molar-refractivity contribution is 0.226. The van der Waals surface area contributed by atoms with Crippen molar-refractivity contribution in [2.24, 2.45) is 5.92 Å². The standard InChI is InChI=1S/C13H21N3/c1-11-3-6-14-13(9-11)15-10-12-4-7-16(2)8-5-12/h3,6,9,12H,4-5,7-8,10H2,1-2H3,(H,14,15). The van der Waals surface area contributed by atoms with Gasteiger partial charge >= 0.3 is 0 Å². The molecule has 1 aromatic rings. The average molecular weight is 219 g/mol. The van der Waals surface area contributed by atoms with Gasteiger partial charge in [-0.05, 0) is 63.5 Å². The largest absolute Gasteiger partial charge is 0.370 e. The summed E-state index contributed by atoms with van der Waals surface area (Å²) >= 11 is 0. The van der Waals surface area contributed by atoms with Crippen LogP contribution in [0.25, 0.3) is 0 Å². The number of hydrogen-bond acceptors (Lipinski definition) is 3. The molecule has 0 radical (unpaired) electrons. The molecule has 1 saturated heterocycles. The molecule has 0 amide bonds. The van der Waals surface area contributed by atoms with Gasteiger partial charge < -0.3 is 10.2 Å². The molecule has 16 heavy (non-hydrogen) atoms. The molecule has 1 aromatic heterocycles. The second-order valence-electron chi connectivity index (χ2n) is 4.85. The molecule has 0 spiro atoms. The summed E-state index contributed by atoms with van der Waals surface area (Å²) in [4.78, 5) is 6.72. The number of pyridine rings is 1. The van der Waals surface area contributed by atoms with Crippen molar-refractivity contribution in [2.45, 2.75) is 19.8 Å². The van der Waals surface area contributed by atoms with Crippen LogP contribution >= 0.6 is 0 Å². The quantitative estimate of drug-likeness (QED) is 0.844. The van der Waals surface area contributed by atoms with E-state index in [4.69, 9.17) is 0 Å². The molecule has 1 aliphatic rings. The number of anilines is 1. The van der Waals surface area contributed by atoms with E-state index in [2.05, 4.69) is 35.2 Å². The number of aryl methyl sites for hydroxylation is 1. The first kappa shape index (κ1) is 11.4. The summed E-state index contributed by atoms with van der Waals surface area (Å²) < 4.78 is 0. The zero-order chi connectivity index (χ0) is 11.4. The Morgan fingerprint density at radius 3 is 2.88 bits per heavy atom. The van der Waals surface area contributed by atoms with Crippen LogP contribution < -0.4 is 5.32 Å². The van der Waals surface area contributed by atoms with E-state index in [1.165, 1.54) is 31.5 Å². The van der Waals surface area contributed by atoms with Crippen LogP contribution in [0.4, 0.5) is 5.82 Å². The maximum Gasteiger partial charge on any atom is 0.126 e. The molecule has 0 unspecified atom stereocenters. The van der Waals surface area contributed by atoms with Gasteiger partial charge in [-0.15, -0.1) is 0 Å². The first-order valence-electron chi connectivity index (χ1n) is 6.09. The fourth-order valence-electron chi connectivity index (χ4n) is 2.15. The Morgan fingerprint density at radius 2 is 2.19 bits per heavy atom. The van der Waals surface area contributed by atoms with Crippen molar-refractivity contribution in [1.29, 1.82) is 0 Å². The monoisotopic (exact) mass is 219 g/mol. The molecule has 0 saturated carbocycles. The minimum atomic E-state index is 0.804. The molecule has 3 nitrogen and oxygen atoms in total. The van der Waals surface area contributed by atoms with Crippen molar-refractivity contribution in [3.8, 4) is 0 Å². The van der Waals surface area contributed by atoms with Gasteiger partial charge in [0.25, 0.3) is 0 Å². The van der Waals surface area contributed by atoms with E-state index in [9.17, 15) is 0 Å². The first-order chi connectivity index (χ1) is 7.74. The summed E-state index contributed by atoms with van der Waals surface area (Å²) in [6.07, 6.45) is 4.47. The second-order valence-corrected chi connectivity index (χ2v) is 4.85. The number of piperidine rings is 1. The molecule has 2 rings (SSSR count). The van der Waals surface area contributed by atoms with E-state index in [1.54, 1.807) is 0 Å². The molecule has 0 aliphatic carbocycles. The summed E-state index contributed by atoms with van der Waals surface area (Å²) in [5.41, 5.74) is 1.26. The summed E-state index contributed by atoms with van der Waals surface area (Å²) in [7, 11) is 2.20. The van der Waals surface area contributed by atoms with Gasteiger partial charge in [0.1, 0.15) is 5.82 Å². The Morgan fingerprint density at radius 1 is 1.44 bits per heavy atom. The van der Waals surface area contributed by atoms with Crippen LogP contribution in [0.3, 0.4) is 0 Å². The Labute approximate surface area is 97.9 Å². The molecule has 1 aliphatic heterocycles. The van der Waals surface area contributed by atoms with Crippen LogP contribution in [0, 0.1) is 12.8 Å². The van der Waals surface area contributed by atoms with Gasteiger partial charge in [-0.1, -0.05) is 0 Å². The molecule has 1 fully saturated rings. The third-order valence-electron chi connectivity index (χ3n) is 3.33. The van der Waals surface area contributed by atoms with Gasteiger partial charge in [-0.3, -0.25) is 0 Å². The lowest BCUT2D eigenvalue weighted by atomic mass is 9.97. The molecule has 0 bridgehead atoms. The number of nitrogens with zero attached hydrogens (tertiary/aromatic N) is 2. The van der Waals surface area contributed by atoms with Crippen LogP contribution in [0.15, 0.2) is 18.3 Å². The van der Waals surface area contributed by atoms with Crippen LogP contribution in [-0.4, -0.2) is 36.6 Å². The van der Waals surface area contributed by atoms with Gasteiger partial charge in [-0.25, -0.2) is 4.98 Å². The Kier molecular flexibility index (Phi) is 3.78. The number of likely N-dealkylation sites (tertiary alicyclic amines) is 1. The van der Waals surface area contributed by atoms with Crippen molar-refractivity contribution in [3.63, 3.8) is 0 Å². The van der Waals surface area contributed by atoms with E-state index in [0.29, 0.717) is 0 Å². The number of aromatic nitrogens is 1. The van der Waals surface area contributed by atoms with E-state index in [0.717, 1.165) is 18.3 Å². The van der Waals surface area contributed by atoms with Gasteiger partial charge in [0.05, 0.1) is 0 Å². The normalized spacial score (nSPS) is 18.6. The molecule has 88 valence electrons. The highest BCUT2D eigenvalue weighted by molar-refractivity contribution is 5.36. The van der Waals surface area contributed by atoms with Crippen LogP contribution in [0.5, 0.6) is 0 Å². The molecule has 3 heteroatoms. The van der Waals surface area contributed by atoms with Crippen LogP contribution in [0.2, 0.25) is 0 Å². The molecule has 0 atom stereocenters. The fraction of sp³-hybridized carbons (Fsp3) is 0.615. The number of nitrogens with one attached hydrogen (secondary N) is 1. The van der Waals surface area contributed by atoms with E-state index < -0.39 is 0 Å². The summed E-state index contributed by atoms with van der Waals surface area (Å²) in [6, 6.07) is 4.13. The number of hydrogen-bond donors (Lipinski definition) is 1. The van der Waals surface area contributed by atoms with Crippen molar-refractivity contribution in [3.05, 3.63) is 23.9 Å². The minimum Gasteiger partial charge on any atom is -0.370 e. The van der Waals surface area contributed by atoms with Crippen LogP contribution in [0.1, 0.15) is 18.4 Å². The maximum absolute atomic E-state index is 4.32. The highest BCUT2D eigenvalue weighted by Crippen LogP contribution is 2.16. The van der Waals surface area contributed by atoms with Crippen LogP contribution in [-0.2, 0) is 0 Å². The van der Waals surface area contributed by atoms with Gasteiger partial charge in [0.2, 0.25) is 0 Å². The Hall–Kier alpha value is -1.09.